The Morgan fingerprint density at radius 2 is 1.48 bits per heavy atom. The molecule has 0 atom stereocenters. The van der Waals surface area contributed by atoms with Gasteiger partial charge < -0.3 is 20.6 Å². The quantitative estimate of drug-likeness (QED) is 0.146. The number of halogens is 6. The summed E-state index contributed by atoms with van der Waals surface area (Å²) in [5, 5.41) is 17.7. The molecule has 0 aliphatic heterocycles. The number of carbonyl (C=O) groups excluding carboxylic acids is 1. The number of carboxylic acid groups (broad SMARTS) is 1. The van der Waals surface area contributed by atoms with Gasteiger partial charge in [0.2, 0.25) is 5.95 Å². The minimum Gasteiger partial charge on any atom is -0.475 e. The molecule has 256 valence electrons. The summed E-state index contributed by atoms with van der Waals surface area (Å²) >= 11 is 0. The molecule has 0 unspecified atom stereocenters. The number of nitrogens with zero attached hydrogens (tertiary/aromatic N) is 5. The van der Waals surface area contributed by atoms with Gasteiger partial charge in [0.25, 0.3) is 5.91 Å². The molecular formula is C34H25F6N7O3. The van der Waals surface area contributed by atoms with Crippen LogP contribution in [0.25, 0.3) is 28.0 Å². The Hall–Kier alpha value is -6.45. The standard InChI is InChI=1S/C32H24F3N7O.C2HF3O2/c1-41(2)27-14-6-13-26-29(25-15-16-36-32(39-25)38-22-10-4-8-20(33)18-22)30(40-42(26)27)19-7-3-9-21(17-19)37-31(43)28-23(34)11-5-12-24(28)35;3-2(4,5)1(6)7/h3-18H,1-2H3,(H,37,43)(H,36,38,39);(H,6,7). The van der Waals surface area contributed by atoms with E-state index in [4.69, 9.17) is 20.0 Å². The second kappa shape index (κ2) is 14.3. The van der Waals surface area contributed by atoms with E-state index in [0.29, 0.717) is 33.9 Å². The van der Waals surface area contributed by atoms with Crippen LogP contribution >= 0.6 is 0 Å². The summed E-state index contributed by atoms with van der Waals surface area (Å²) in [6, 6.07) is 23.5. The lowest BCUT2D eigenvalue weighted by atomic mass is 10.0. The lowest BCUT2D eigenvalue weighted by Crippen LogP contribution is -2.21. The molecule has 0 aliphatic carbocycles. The van der Waals surface area contributed by atoms with E-state index in [2.05, 4.69) is 15.6 Å². The van der Waals surface area contributed by atoms with Gasteiger partial charge in [0.1, 0.15) is 34.5 Å². The zero-order chi connectivity index (χ0) is 36.2. The van der Waals surface area contributed by atoms with Gasteiger partial charge in [-0.25, -0.2) is 32.4 Å². The Morgan fingerprint density at radius 1 is 0.840 bits per heavy atom. The molecule has 0 saturated carbocycles. The normalized spacial score (nSPS) is 11.0. The lowest BCUT2D eigenvalue weighted by molar-refractivity contribution is -0.192. The van der Waals surface area contributed by atoms with Crippen LogP contribution in [-0.4, -0.2) is 56.8 Å². The van der Waals surface area contributed by atoms with E-state index in [1.54, 1.807) is 47.1 Å². The van der Waals surface area contributed by atoms with Crippen molar-refractivity contribution in [3.05, 3.63) is 120 Å². The number of carbonyl (C=O) groups is 2. The fourth-order valence-electron chi connectivity index (χ4n) is 4.75. The molecule has 0 spiro atoms. The zero-order valence-electron chi connectivity index (χ0n) is 26.0. The summed E-state index contributed by atoms with van der Waals surface area (Å²) in [6.45, 7) is 0. The van der Waals surface area contributed by atoms with Crippen LogP contribution in [0.4, 0.5) is 49.5 Å². The molecule has 3 heterocycles. The van der Waals surface area contributed by atoms with E-state index in [-0.39, 0.29) is 5.95 Å². The average Bonchev–Trinajstić information content (AvgIpc) is 3.45. The number of benzene rings is 3. The minimum absolute atomic E-state index is 0.255. The Labute approximate surface area is 279 Å². The molecule has 6 rings (SSSR count). The number of nitrogens with one attached hydrogen (secondary N) is 2. The highest BCUT2D eigenvalue weighted by Gasteiger charge is 2.38. The number of carboxylic acids is 1. The smallest absolute Gasteiger partial charge is 0.475 e. The molecule has 10 nitrogen and oxygen atoms in total. The predicted octanol–water partition coefficient (Wildman–Crippen LogP) is 7.57. The van der Waals surface area contributed by atoms with E-state index in [1.807, 2.05) is 43.3 Å². The van der Waals surface area contributed by atoms with Crippen LogP contribution in [0.15, 0.2) is 97.2 Å². The summed E-state index contributed by atoms with van der Waals surface area (Å²) in [5.41, 5.74) is 3.26. The maximum Gasteiger partial charge on any atom is 0.490 e. The third kappa shape index (κ3) is 7.81. The topological polar surface area (TPSA) is 125 Å². The number of hydrogen-bond donors (Lipinski definition) is 3. The highest BCUT2D eigenvalue weighted by atomic mass is 19.4. The number of alkyl halides is 3. The van der Waals surface area contributed by atoms with Crippen molar-refractivity contribution in [3.8, 4) is 22.5 Å². The lowest BCUT2D eigenvalue weighted by Gasteiger charge is -2.13. The number of anilines is 4. The molecule has 16 heteroatoms. The average molecular weight is 694 g/mol. The van der Waals surface area contributed by atoms with Crippen molar-refractivity contribution in [2.75, 3.05) is 29.6 Å². The largest absolute Gasteiger partial charge is 0.490 e. The number of aromatic nitrogens is 4. The number of fused-ring (bicyclic) bond motifs is 1. The monoisotopic (exact) mass is 693 g/mol. The Morgan fingerprint density at radius 3 is 2.14 bits per heavy atom. The molecule has 3 aromatic carbocycles. The summed E-state index contributed by atoms with van der Waals surface area (Å²) in [7, 11) is 3.80. The molecule has 6 aromatic rings. The molecule has 0 saturated heterocycles. The van der Waals surface area contributed by atoms with Crippen LogP contribution in [0, 0.1) is 17.5 Å². The van der Waals surface area contributed by atoms with Crippen LogP contribution in [0.5, 0.6) is 0 Å². The van der Waals surface area contributed by atoms with Crippen molar-refractivity contribution in [1.29, 1.82) is 0 Å². The van der Waals surface area contributed by atoms with Crippen molar-refractivity contribution in [2.45, 2.75) is 6.18 Å². The number of rotatable bonds is 7. The Bertz CT molecular complexity index is 2180. The van der Waals surface area contributed by atoms with Crippen molar-refractivity contribution < 1.29 is 41.0 Å². The number of pyridine rings is 1. The molecule has 3 aromatic heterocycles. The van der Waals surface area contributed by atoms with Crippen LogP contribution in [-0.2, 0) is 4.79 Å². The molecular weight excluding hydrogens is 668 g/mol. The van der Waals surface area contributed by atoms with E-state index in [0.717, 1.165) is 23.5 Å². The first-order chi connectivity index (χ1) is 23.7. The van der Waals surface area contributed by atoms with Gasteiger partial charge in [-0.15, -0.1) is 0 Å². The fraction of sp³-hybridized carbons (Fsp3) is 0.0882. The summed E-state index contributed by atoms with van der Waals surface area (Å²) in [4.78, 5) is 32.6. The van der Waals surface area contributed by atoms with Crippen molar-refractivity contribution in [1.82, 2.24) is 19.6 Å². The third-order valence-corrected chi connectivity index (χ3v) is 6.91. The second-order valence-electron chi connectivity index (χ2n) is 10.6. The van der Waals surface area contributed by atoms with E-state index < -0.39 is 41.1 Å². The predicted molar refractivity (Wildman–Crippen MR) is 174 cm³/mol. The van der Waals surface area contributed by atoms with Gasteiger partial charge in [0.15, 0.2) is 0 Å². The molecule has 0 radical (unpaired) electrons. The Balaban J connectivity index is 0.000000630. The summed E-state index contributed by atoms with van der Waals surface area (Å²) < 4.78 is 75.8. The molecule has 50 heavy (non-hydrogen) atoms. The molecule has 0 fully saturated rings. The van der Waals surface area contributed by atoms with Gasteiger partial charge >= 0.3 is 12.1 Å². The summed E-state index contributed by atoms with van der Waals surface area (Å²) in [5.74, 6) is -4.93. The van der Waals surface area contributed by atoms with Crippen LogP contribution < -0.4 is 15.5 Å². The maximum atomic E-state index is 14.2. The van der Waals surface area contributed by atoms with E-state index >= 15 is 0 Å². The van der Waals surface area contributed by atoms with Crippen LogP contribution in [0.1, 0.15) is 10.4 Å². The Kier molecular flexibility index (Phi) is 10.0. The van der Waals surface area contributed by atoms with Gasteiger partial charge in [-0.05, 0) is 60.7 Å². The van der Waals surface area contributed by atoms with E-state index in [1.165, 1.54) is 18.2 Å². The van der Waals surface area contributed by atoms with Crippen LogP contribution in [0.2, 0.25) is 0 Å². The van der Waals surface area contributed by atoms with Gasteiger partial charge in [0, 0.05) is 37.2 Å². The second-order valence-corrected chi connectivity index (χ2v) is 10.6. The van der Waals surface area contributed by atoms with E-state index in [9.17, 15) is 31.1 Å². The first-order valence-corrected chi connectivity index (χ1v) is 14.4. The first kappa shape index (κ1) is 34.9. The molecule has 0 aliphatic rings. The maximum absolute atomic E-state index is 14.2. The summed E-state index contributed by atoms with van der Waals surface area (Å²) in [6.07, 6.45) is -3.49. The van der Waals surface area contributed by atoms with Gasteiger partial charge in [0.05, 0.1) is 16.8 Å². The van der Waals surface area contributed by atoms with Crippen molar-refractivity contribution in [3.63, 3.8) is 0 Å². The molecule has 0 bridgehead atoms. The molecule has 3 N–H and O–H groups in total. The molecule has 1 amide bonds. The first-order valence-electron chi connectivity index (χ1n) is 14.4. The van der Waals surface area contributed by atoms with Gasteiger partial charge in [-0.1, -0.05) is 30.3 Å². The third-order valence-electron chi connectivity index (χ3n) is 6.91. The van der Waals surface area contributed by atoms with Gasteiger partial charge in [-0.3, -0.25) is 4.79 Å². The van der Waals surface area contributed by atoms with Crippen molar-refractivity contribution >= 4 is 40.5 Å². The number of aliphatic carboxylic acids is 1. The fourth-order valence-corrected chi connectivity index (χ4v) is 4.75. The highest BCUT2D eigenvalue weighted by Crippen LogP contribution is 2.37. The number of hydrogen-bond acceptors (Lipinski definition) is 7. The SMILES string of the molecule is CN(C)c1cccc2c(-c3ccnc(Nc4cccc(F)c4)n3)c(-c3cccc(NC(=O)c4c(F)cccc4F)c3)nn12.O=C(O)C(F)(F)F. The number of amides is 1. The van der Waals surface area contributed by atoms with Gasteiger partial charge in [-0.2, -0.15) is 18.3 Å². The zero-order valence-corrected chi connectivity index (χ0v) is 26.0. The minimum atomic E-state index is -5.08. The highest BCUT2D eigenvalue weighted by molar-refractivity contribution is 6.05. The van der Waals surface area contributed by atoms with Crippen molar-refractivity contribution in [2.24, 2.45) is 0 Å². The van der Waals surface area contributed by atoms with Crippen LogP contribution in [0.3, 0.4) is 0 Å².